The fraction of sp³-hybridized carbons (Fsp3) is 0.385. The molecule has 0 saturated carbocycles. The number of fused-ring (bicyclic) bond motifs is 1. The van der Waals surface area contributed by atoms with Crippen LogP contribution in [0.4, 0.5) is 0 Å². The van der Waals surface area contributed by atoms with Gasteiger partial charge in [0.1, 0.15) is 5.76 Å². The largest absolute Gasteiger partial charge is 0.458 e. The molecule has 1 heterocycles. The van der Waals surface area contributed by atoms with Gasteiger partial charge in [0, 0.05) is 9.86 Å². The third-order valence-electron chi connectivity index (χ3n) is 2.82. The predicted octanol–water partition coefficient (Wildman–Crippen LogP) is 4.91. The van der Waals surface area contributed by atoms with Crippen molar-refractivity contribution in [2.75, 3.05) is 7.05 Å². The number of hydrogen-bond acceptors (Lipinski definition) is 2. The second kappa shape index (κ2) is 5.42. The predicted molar refractivity (Wildman–Crippen MR) is 75.6 cm³/mol. The smallest absolute Gasteiger partial charge is 0.153 e. The zero-order valence-corrected chi connectivity index (χ0v) is 12.2. The summed E-state index contributed by atoms with van der Waals surface area (Å²) in [5.41, 5.74) is 0.765. The fourth-order valence-electron chi connectivity index (χ4n) is 1.98. The maximum Gasteiger partial charge on any atom is 0.153 e. The molecule has 0 bridgehead atoms. The van der Waals surface area contributed by atoms with Crippen LogP contribution < -0.4 is 5.32 Å². The first-order valence-electron chi connectivity index (χ1n) is 5.71. The molecule has 4 heteroatoms. The number of hydrogen-bond donors (Lipinski definition) is 1. The van der Waals surface area contributed by atoms with Crippen LogP contribution in [-0.4, -0.2) is 7.05 Å². The lowest BCUT2D eigenvalue weighted by atomic mass is 10.1. The average molecular weight is 317 g/mol. The molecule has 0 fully saturated rings. The van der Waals surface area contributed by atoms with Crippen molar-refractivity contribution in [3.63, 3.8) is 0 Å². The first-order chi connectivity index (χ1) is 8.15. The van der Waals surface area contributed by atoms with E-state index in [1.165, 1.54) is 0 Å². The highest BCUT2D eigenvalue weighted by Crippen LogP contribution is 2.33. The molecule has 92 valence electrons. The third kappa shape index (κ3) is 2.67. The molecular formula is C13H15BrClNO. The Balaban J connectivity index is 2.46. The Hall–Kier alpha value is -0.510. The van der Waals surface area contributed by atoms with Crippen LogP contribution in [0.2, 0.25) is 5.02 Å². The van der Waals surface area contributed by atoms with Crippen molar-refractivity contribution >= 4 is 38.5 Å². The zero-order chi connectivity index (χ0) is 12.4. The molecule has 2 rings (SSSR count). The maximum atomic E-state index is 6.16. The molecular weight excluding hydrogens is 302 g/mol. The SMILES string of the molecule is CCCC(NC)c1cc2cc(Br)cc(Cl)c2o1. The Morgan fingerprint density at radius 1 is 1.41 bits per heavy atom. The van der Waals surface area contributed by atoms with Gasteiger partial charge in [-0.2, -0.15) is 0 Å². The van der Waals surface area contributed by atoms with Gasteiger partial charge in [-0.1, -0.05) is 40.9 Å². The summed E-state index contributed by atoms with van der Waals surface area (Å²) in [6.07, 6.45) is 2.16. The molecule has 0 aliphatic heterocycles. The minimum atomic E-state index is 0.252. The van der Waals surface area contributed by atoms with E-state index in [0.29, 0.717) is 5.02 Å². The molecule has 1 aromatic carbocycles. The van der Waals surface area contributed by atoms with Crippen LogP contribution in [0, 0.1) is 0 Å². The van der Waals surface area contributed by atoms with Crippen LogP contribution in [0.25, 0.3) is 11.0 Å². The number of furan rings is 1. The van der Waals surface area contributed by atoms with Crippen LogP contribution in [0.15, 0.2) is 27.1 Å². The Labute approximate surface area is 114 Å². The van der Waals surface area contributed by atoms with Crippen molar-refractivity contribution in [1.82, 2.24) is 5.32 Å². The molecule has 17 heavy (non-hydrogen) atoms. The third-order valence-corrected chi connectivity index (χ3v) is 3.56. The summed E-state index contributed by atoms with van der Waals surface area (Å²) in [6, 6.07) is 6.18. The minimum absolute atomic E-state index is 0.252. The van der Waals surface area contributed by atoms with Crippen LogP contribution in [0.1, 0.15) is 31.6 Å². The van der Waals surface area contributed by atoms with Crippen molar-refractivity contribution in [2.45, 2.75) is 25.8 Å². The number of halogens is 2. The Kier molecular flexibility index (Phi) is 4.13. The van der Waals surface area contributed by atoms with Gasteiger partial charge in [0.05, 0.1) is 11.1 Å². The van der Waals surface area contributed by atoms with Gasteiger partial charge < -0.3 is 9.73 Å². The van der Waals surface area contributed by atoms with Gasteiger partial charge in [-0.05, 0) is 31.7 Å². The van der Waals surface area contributed by atoms with Crippen LogP contribution in [0.5, 0.6) is 0 Å². The van der Waals surface area contributed by atoms with Gasteiger partial charge in [0.2, 0.25) is 0 Å². The monoisotopic (exact) mass is 315 g/mol. The van der Waals surface area contributed by atoms with E-state index >= 15 is 0 Å². The molecule has 1 aromatic heterocycles. The van der Waals surface area contributed by atoms with E-state index in [-0.39, 0.29) is 6.04 Å². The molecule has 2 aromatic rings. The molecule has 1 unspecified atom stereocenters. The highest BCUT2D eigenvalue weighted by Gasteiger charge is 2.15. The Morgan fingerprint density at radius 3 is 2.82 bits per heavy atom. The van der Waals surface area contributed by atoms with Crippen molar-refractivity contribution in [3.8, 4) is 0 Å². The average Bonchev–Trinajstić information content (AvgIpc) is 2.69. The topological polar surface area (TPSA) is 25.2 Å². The summed E-state index contributed by atoms with van der Waals surface area (Å²) in [5, 5.41) is 4.95. The summed E-state index contributed by atoms with van der Waals surface area (Å²) in [5.74, 6) is 0.948. The molecule has 0 amide bonds. The maximum absolute atomic E-state index is 6.16. The quantitative estimate of drug-likeness (QED) is 0.867. The van der Waals surface area contributed by atoms with E-state index in [0.717, 1.165) is 34.0 Å². The van der Waals surface area contributed by atoms with Gasteiger partial charge >= 0.3 is 0 Å². The van der Waals surface area contributed by atoms with Crippen LogP contribution in [0.3, 0.4) is 0 Å². The standard InChI is InChI=1S/C13H15BrClNO/c1-3-4-11(16-2)12-6-8-5-9(14)7-10(15)13(8)17-12/h5-7,11,16H,3-4H2,1-2H3. The van der Waals surface area contributed by atoms with Crippen molar-refractivity contribution in [2.24, 2.45) is 0 Å². The van der Waals surface area contributed by atoms with Gasteiger partial charge in [0.15, 0.2) is 5.58 Å². The fourth-order valence-corrected chi connectivity index (χ4v) is 2.86. The van der Waals surface area contributed by atoms with E-state index < -0.39 is 0 Å². The lowest BCUT2D eigenvalue weighted by Gasteiger charge is -2.11. The van der Waals surface area contributed by atoms with Crippen molar-refractivity contribution in [3.05, 3.63) is 33.5 Å². The van der Waals surface area contributed by atoms with Gasteiger partial charge in [-0.3, -0.25) is 0 Å². The molecule has 0 saturated heterocycles. The zero-order valence-electron chi connectivity index (χ0n) is 9.89. The summed E-state index contributed by atoms with van der Waals surface area (Å²) >= 11 is 9.59. The van der Waals surface area contributed by atoms with Gasteiger partial charge in [-0.25, -0.2) is 0 Å². The van der Waals surface area contributed by atoms with E-state index in [4.69, 9.17) is 16.0 Å². The summed E-state index contributed by atoms with van der Waals surface area (Å²) in [6.45, 7) is 2.16. The molecule has 2 nitrogen and oxygen atoms in total. The molecule has 1 N–H and O–H groups in total. The summed E-state index contributed by atoms with van der Waals surface area (Å²) in [7, 11) is 1.95. The Bertz CT molecular complexity index is 523. The minimum Gasteiger partial charge on any atom is -0.458 e. The first-order valence-corrected chi connectivity index (χ1v) is 6.88. The normalized spacial score (nSPS) is 13.2. The van der Waals surface area contributed by atoms with E-state index in [2.05, 4.69) is 34.2 Å². The molecule has 0 aliphatic rings. The second-order valence-corrected chi connectivity index (χ2v) is 5.41. The van der Waals surface area contributed by atoms with Crippen LogP contribution in [-0.2, 0) is 0 Å². The van der Waals surface area contributed by atoms with E-state index in [9.17, 15) is 0 Å². The van der Waals surface area contributed by atoms with E-state index in [1.807, 2.05) is 19.2 Å². The van der Waals surface area contributed by atoms with Gasteiger partial charge in [-0.15, -0.1) is 0 Å². The van der Waals surface area contributed by atoms with Crippen LogP contribution >= 0.6 is 27.5 Å². The summed E-state index contributed by atoms with van der Waals surface area (Å²) in [4.78, 5) is 0. The lowest BCUT2D eigenvalue weighted by Crippen LogP contribution is -2.15. The van der Waals surface area contributed by atoms with Crippen molar-refractivity contribution < 1.29 is 4.42 Å². The van der Waals surface area contributed by atoms with E-state index in [1.54, 1.807) is 0 Å². The molecule has 1 atom stereocenters. The highest BCUT2D eigenvalue weighted by atomic mass is 79.9. The number of benzene rings is 1. The Morgan fingerprint density at radius 2 is 2.18 bits per heavy atom. The lowest BCUT2D eigenvalue weighted by molar-refractivity contribution is 0.430. The molecule has 0 aliphatic carbocycles. The number of nitrogens with one attached hydrogen (secondary N) is 1. The summed E-state index contributed by atoms with van der Waals surface area (Å²) < 4.78 is 6.82. The number of rotatable bonds is 4. The molecule has 0 radical (unpaired) electrons. The first kappa shape index (κ1) is 12.9. The second-order valence-electron chi connectivity index (χ2n) is 4.08. The highest BCUT2D eigenvalue weighted by molar-refractivity contribution is 9.10. The van der Waals surface area contributed by atoms with Gasteiger partial charge in [0.25, 0.3) is 0 Å². The van der Waals surface area contributed by atoms with Crippen molar-refractivity contribution in [1.29, 1.82) is 0 Å². The molecule has 0 spiro atoms.